The van der Waals surface area contributed by atoms with Crippen molar-refractivity contribution in [2.75, 3.05) is 18.1 Å². The molecule has 2 fully saturated rings. The predicted molar refractivity (Wildman–Crippen MR) is 89.7 cm³/mol. The molecule has 1 aliphatic carbocycles. The Balaban J connectivity index is 1.43. The molecular weight excluding hydrogens is 304 g/mol. The van der Waals surface area contributed by atoms with Gasteiger partial charge in [0.05, 0.1) is 31.1 Å². The first-order valence-electron chi connectivity index (χ1n) is 8.49. The third kappa shape index (κ3) is 3.12. The zero-order valence-electron chi connectivity index (χ0n) is 13.8. The summed E-state index contributed by atoms with van der Waals surface area (Å²) in [6.07, 6.45) is 5.66. The molecule has 0 radical (unpaired) electrons. The van der Waals surface area contributed by atoms with E-state index >= 15 is 0 Å². The van der Waals surface area contributed by atoms with Gasteiger partial charge >= 0.3 is 0 Å². The second-order valence-electron chi connectivity index (χ2n) is 6.36. The van der Waals surface area contributed by atoms with Crippen molar-refractivity contribution in [2.45, 2.75) is 44.6 Å². The summed E-state index contributed by atoms with van der Waals surface area (Å²) in [5.74, 6) is 0.976. The Morgan fingerprint density at radius 1 is 1.29 bits per heavy atom. The second kappa shape index (κ2) is 6.83. The molecule has 2 aromatic heterocycles. The van der Waals surface area contributed by atoms with Gasteiger partial charge in [-0.05, 0) is 38.0 Å². The highest BCUT2D eigenvalue weighted by atomic mass is 16.5. The van der Waals surface area contributed by atoms with E-state index in [4.69, 9.17) is 9.47 Å². The van der Waals surface area contributed by atoms with Crippen LogP contribution in [0.2, 0.25) is 0 Å². The molecule has 0 spiro atoms. The molecular formula is C18H22N4O2. The number of aromatic nitrogens is 3. The fraction of sp³-hybridized carbons (Fsp3) is 0.500. The van der Waals surface area contributed by atoms with Gasteiger partial charge < -0.3 is 14.4 Å². The predicted octanol–water partition coefficient (Wildman–Crippen LogP) is 2.13. The highest BCUT2D eigenvalue weighted by molar-refractivity contribution is 5.40. The molecule has 3 heterocycles. The minimum Gasteiger partial charge on any atom is -0.372 e. The fourth-order valence-corrected chi connectivity index (χ4v) is 3.70. The quantitative estimate of drug-likeness (QED) is 0.858. The van der Waals surface area contributed by atoms with Crippen molar-refractivity contribution in [1.29, 1.82) is 0 Å². The number of anilines is 1. The van der Waals surface area contributed by atoms with Crippen molar-refractivity contribution in [3.05, 3.63) is 48.2 Å². The molecule has 24 heavy (non-hydrogen) atoms. The molecule has 1 aliphatic heterocycles. The smallest absolute Gasteiger partial charge is 0.132 e. The first-order valence-corrected chi connectivity index (χ1v) is 8.49. The first-order chi connectivity index (χ1) is 11.8. The topological polar surface area (TPSA) is 60.4 Å². The van der Waals surface area contributed by atoms with Crippen molar-refractivity contribution in [1.82, 2.24) is 15.0 Å². The highest BCUT2D eigenvalue weighted by Gasteiger charge is 2.43. The third-order valence-electron chi connectivity index (χ3n) is 4.79. The zero-order chi connectivity index (χ0) is 16.4. The van der Waals surface area contributed by atoms with E-state index in [9.17, 15) is 0 Å². The molecule has 1 saturated carbocycles. The Labute approximate surface area is 141 Å². The highest BCUT2D eigenvalue weighted by Crippen LogP contribution is 2.34. The number of rotatable bonds is 4. The molecule has 6 heteroatoms. The van der Waals surface area contributed by atoms with Gasteiger partial charge in [-0.3, -0.25) is 4.98 Å². The van der Waals surface area contributed by atoms with E-state index in [-0.39, 0.29) is 12.2 Å². The summed E-state index contributed by atoms with van der Waals surface area (Å²) in [5.41, 5.74) is 1.99. The van der Waals surface area contributed by atoms with Gasteiger partial charge in [0.1, 0.15) is 18.2 Å². The van der Waals surface area contributed by atoms with Crippen LogP contribution in [0.3, 0.4) is 0 Å². The van der Waals surface area contributed by atoms with Crippen LogP contribution in [0.25, 0.3) is 0 Å². The molecule has 2 aromatic rings. The molecule has 0 aromatic carbocycles. The molecule has 1 saturated heterocycles. The number of pyridine rings is 1. The Morgan fingerprint density at radius 2 is 2.25 bits per heavy atom. The van der Waals surface area contributed by atoms with Crippen molar-refractivity contribution in [2.24, 2.45) is 0 Å². The van der Waals surface area contributed by atoms with Crippen LogP contribution in [0, 0.1) is 6.92 Å². The van der Waals surface area contributed by atoms with E-state index in [1.807, 2.05) is 31.2 Å². The normalized spacial score (nSPS) is 26.4. The lowest BCUT2D eigenvalue weighted by atomic mass is 10.1. The SMILES string of the molecule is Cc1cccc(CO[C@@H]2CC[C@H]3[C@H]2OCCN3c2ccncn2)n1. The molecule has 126 valence electrons. The number of hydrogen-bond donors (Lipinski definition) is 0. The Bertz CT molecular complexity index is 682. The summed E-state index contributed by atoms with van der Waals surface area (Å²) in [6, 6.07) is 8.32. The summed E-state index contributed by atoms with van der Waals surface area (Å²) < 4.78 is 12.2. The lowest BCUT2D eigenvalue weighted by Gasteiger charge is -2.39. The van der Waals surface area contributed by atoms with E-state index in [1.54, 1.807) is 12.5 Å². The van der Waals surface area contributed by atoms with Gasteiger partial charge in [0.25, 0.3) is 0 Å². The van der Waals surface area contributed by atoms with E-state index in [0.29, 0.717) is 19.3 Å². The van der Waals surface area contributed by atoms with Crippen molar-refractivity contribution in [3.8, 4) is 0 Å². The van der Waals surface area contributed by atoms with E-state index < -0.39 is 0 Å². The standard InChI is InChI=1S/C18H22N4O2/c1-13-3-2-4-14(21-13)11-24-16-6-5-15-18(16)23-10-9-22(15)17-7-8-19-12-20-17/h2-4,7-8,12,15-16,18H,5-6,9-11H2,1H3/t15-,16+,18+/m0/s1. The van der Waals surface area contributed by atoms with Gasteiger partial charge in [0, 0.05) is 18.4 Å². The van der Waals surface area contributed by atoms with Crippen LogP contribution in [0.5, 0.6) is 0 Å². The molecule has 4 rings (SSSR count). The average Bonchev–Trinajstić information content (AvgIpc) is 3.04. The number of ether oxygens (including phenoxy) is 2. The number of hydrogen-bond acceptors (Lipinski definition) is 6. The molecule has 0 N–H and O–H groups in total. The average molecular weight is 326 g/mol. The lowest BCUT2D eigenvalue weighted by molar-refractivity contribution is -0.0777. The van der Waals surface area contributed by atoms with Crippen LogP contribution in [0.15, 0.2) is 36.8 Å². The molecule has 0 amide bonds. The minimum atomic E-state index is 0.0959. The van der Waals surface area contributed by atoms with Crippen molar-refractivity contribution in [3.63, 3.8) is 0 Å². The van der Waals surface area contributed by atoms with Crippen LogP contribution in [0.1, 0.15) is 24.2 Å². The number of aryl methyl sites for hydroxylation is 1. The zero-order valence-corrected chi connectivity index (χ0v) is 13.8. The van der Waals surface area contributed by atoms with Crippen LogP contribution < -0.4 is 4.90 Å². The minimum absolute atomic E-state index is 0.0959. The maximum Gasteiger partial charge on any atom is 0.132 e. The molecule has 0 unspecified atom stereocenters. The van der Waals surface area contributed by atoms with Gasteiger partial charge in [-0.15, -0.1) is 0 Å². The Hall–Kier alpha value is -2.05. The van der Waals surface area contributed by atoms with Gasteiger partial charge in [0.15, 0.2) is 0 Å². The maximum absolute atomic E-state index is 6.15. The van der Waals surface area contributed by atoms with Crippen LogP contribution in [0.4, 0.5) is 5.82 Å². The first kappa shape index (κ1) is 15.5. The summed E-state index contributed by atoms with van der Waals surface area (Å²) in [6.45, 7) is 4.10. The van der Waals surface area contributed by atoms with Gasteiger partial charge in [-0.1, -0.05) is 6.07 Å². The maximum atomic E-state index is 6.15. The summed E-state index contributed by atoms with van der Waals surface area (Å²) >= 11 is 0. The summed E-state index contributed by atoms with van der Waals surface area (Å²) in [7, 11) is 0. The summed E-state index contributed by atoms with van der Waals surface area (Å²) in [5, 5.41) is 0. The van der Waals surface area contributed by atoms with Crippen molar-refractivity contribution < 1.29 is 9.47 Å². The van der Waals surface area contributed by atoms with Gasteiger partial charge in [-0.2, -0.15) is 0 Å². The van der Waals surface area contributed by atoms with E-state index in [1.165, 1.54) is 0 Å². The Morgan fingerprint density at radius 3 is 3.08 bits per heavy atom. The number of fused-ring (bicyclic) bond motifs is 1. The monoisotopic (exact) mass is 326 g/mol. The van der Waals surface area contributed by atoms with Crippen LogP contribution >= 0.6 is 0 Å². The third-order valence-corrected chi connectivity index (χ3v) is 4.79. The summed E-state index contributed by atoms with van der Waals surface area (Å²) in [4.78, 5) is 15.3. The van der Waals surface area contributed by atoms with Crippen LogP contribution in [-0.2, 0) is 16.1 Å². The van der Waals surface area contributed by atoms with Gasteiger partial charge in [-0.25, -0.2) is 9.97 Å². The second-order valence-corrected chi connectivity index (χ2v) is 6.36. The van der Waals surface area contributed by atoms with E-state index in [2.05, 4.69) is 19.9 Å². The van der Waals surface area contributed by atoms with Crippen LogP contribution in [-0.4, -0.2) is 46.4 Å². The lowest BCUT2D eigenvalue weighted by Crippen LogP contribution is -2.52. The van der Waals surface area contributed by atoms with Gasteiger partial charge in [0.2, 0.25) is 0 Å². The Kier molecular flexibility index (Phi) is 4.40. The molecule has 3 atom stereocenters. The molecule has 6 nitrogen and oxygen atoms in total. The van der Waals surface area contributed by atoms with Crippen molar-refractivity contribution >= 4 is 5.82 Å². The largest absolute Gasteiger partial charge is 0.372 e. The fourth-order valence-electron chi connectivity index (χ4n) is 3.70. The van der Waals surface area contributed by atoms with E-state index in [0.717, 1.165) is 36.6 Å². The number of morpholine rings is 1. The molecule has 0 bridgehead atoms. The number of nitrogens with zero attached hydrogens (tertiary/aromatic N) is 4. The molecule has 2 aliphatic rings.